The standard InChI is InChI=1S/C14H22BrN3/c1-11-8-12(15)13(16-9-11)18(4)10-14(17(2)3)6-5-7-14/h8-9H,5-7,10H2,1-4H3. The van der Waals surface area contributed by atoms with Gasteiger partial charge in [-0.1, -0.05) is 0 Å². The van der Waals surface area contributed by atoms with E-state index in [1.807, 2.05) is 6.20 Å². The number of likely N-dealkylation sites (N-methyl/N-ethyl adjacent to an activating group) is 2. The average Bonchev–Trinajstić information content (AvgIpc) is 2.22. The lowest BCUT2D eigenvalue weighted by molar-refractivity contribution is 0.0681. The molecule has 0 N–H and O–H groups in total. The first-order valence-electron chi connectivity index (χ1n) is 6.45. The highest BCUT2D eigenvalue weighted by Crippen LogP contribution is 2.38. The molecule has 18 heavy (non-hydrogen) atoms. The molecular weight excluding hydrogens is 290 g/mol. The zero-order valence-electron chi connectivity index (χ0n) is 11.7. The first kappa shape index (κ1) is 13.8. The van der Waals surface area contributed by atoms with Crippen LogP contribution in [0.25, 0.3) is 0 Å². The number of hydrogen-bond acceptors (Lipinski definition) is 3. The minimum atomic E-state index is 0.334. The molecule has 1 aliphatic carbocycles. The predicted octanol–water partition coefficient (Wildman–Crippen LogP) is 3.07. The second-order valence-corrected chi connectivity index (χ2v) is 6.50. The number of anilines is 1. The summed E-state index contributed by atoms with van der Waals surface area (Å²) in [4.78, 5) is 9.18. The van der Waals surface area contributed by atoms with Crippen molar-refractivity contribution in [3.63, 3.8) is 0 Å². The van der Waals surface area contributed by atoms with E-state index in [4.69, 9.17) is 0 Å². The van der Waals surface area contributed by atoms with E-state index >= 15 is 0 Å². The number of rotatable bonds is 4. The Labute approximate surface area is 118 Å². The van der Waals surface area contributed by atoms with Crippen LogP contribution in [0.2, 0.25) is 0 Å². The van der Waals surface area contributed by atoms with Gasteiger partial charge in [0, 0.05) is 25.3 Å². The summed E-state index contributed by atoms with van der Waals surface area (Å²) in [5, 5.41) is 0. The van der Waals surface area contributed by atoms with Crippen LogP contribution in [0.1, 0.15) is 24.8 Å². The molecule has 1 aliphatic rings. The summed E-state index contributed by atoms with van der Waals surface area (Å²) in [6.07, 6.45) is 5.84. The van der Waals surface area contributed by atoms with Gasteiger partial charge in [0.1, 0.15) is 5.82 Å². The molecule has 0 aliphatic heterocycles. The fourth-order valence-electron chi connectivity index (χ4n) is 2.66. The molecule has 1 fully saturated rings. The van der Waals surface area contributed by atoms with Crippen molar-refractivity contribution in [2.45, 2.75) is 31.7 Å². The number of nitrogens with zero attached hydrogens (tertiary/aromatic N) is 3. The lowest BCUT2D eigenvalue weighted by Gasteiger charge is -2.49. The van der Waals surface area contributed by atoms with Gasteiger partial charge >= 0.3 is 0 Å². The summed E-state index contributed by atoms with van der Waals surface area (Å²) in [6, 6.07) is 2.13. The molecule has 0 amide bonds. The van der Waals surface area contributed by atoms with Gasteiger partial charge in [-0.15, -0.1) is 0 Å². The normalized spacial score (nSPS) is 17.7. The van der Waals surface area contributed by atoms with Crippen molar-refractivity contribution in [2.24, 2.45) is 0 Å². The van der Waals surface area contributed by atoms with Crippen molar-refractivity contribution >= 4 is 21.7 Å². The first-order valence-corrected chi connectivity index (χ1v) is 7.25. The summed E-state index contributed by atoms with van der Waals surface area (Å²) in [7, 11) is 6.50. The zero-order chi connectivity index (χ0) is 13.3. The molecule has 4 heteroatoms. The molecule has 0 atom stereocenters. The van der Waals surface area contributed by atoms with Crippen molar-refractivity contribution in [3.8, 4) is 0 Å². The summed E-state index contributed by atoms with van der Waals surface area (Å²) in [5.74, 6) is 1.04. The van der Waals surface area contributed by atoms with E-state index < -0.39 is 0 Å². The Hall–Kier alpha value is -0.610. The first-order chi connectivity index (χ1) is 8.44. The Morgan fingerprint density at radius 3 is 2.44 bits per heavy atom. The van der Waals surface area contributed by atoms with Crippen LogP contribution in [0.15, 0.2) is 16.7 Å². The Morgan fingerprint density at radius 1 is 1.33 bits per heavy atom. The molecule has 0 bridgehead atoms. The van der Waals surface area contributed by atoms with E-state index in [0.717, 1.165) is 16.8 Å². The number of pyridine rings is 1. The molecule has 1 aromatic rings. The summed E-state index contributed by atoms with van der Waals surface area (Å²) in [5.41, 5.74) is 1.52. The Balaban J connectivity index is 2.14. The monoisotopic (exact) mass is 311 g/mol. The van der Waals surface area contributed by atoms with Crippen LogP contribution in [0, 0.1) is 6.92 Å². The topological polar surface area (TPSA) is 19.4 Å². The van der Waals surface area contributed by atoms with Crippen LogP contribution in [-0.4, -0.2) is 43.1 Å². The van der Waals surface area contributed by atoms with Crippen molar-refractivity contribution in [2.75, 3.05) is 32.6 Å². The lowest BCUT2D eigenvalue weighted by atomic mass is 9.75. The highest BCUT2D eigenvalue weighted by Gasteiger charge is 2.40. The average molecular weight is 312 g/mol. The van der Waals surface area contributed by atoms with Crippen molar-refractivity contribution in [1.82, 2.24) is 9.88 Å². The van der Waals surface area contributed by atoms with E-state index in [1.165, 1.54) is 24.8 Å². The second kappa shape index (κ2) is 5.17. The molecule has 1 aromatic heterocycles. The fraction of sp³-hybridized carbons (Fsp3) is 0.643. The maximum absolute atomic E-state index is 4.54. The van der Waals surface area contributed by atoms with Crippen LogP contribution in [0.3, 0.4) is 0 Å². The predicted molar refractivity (Wildman–Crippen MR) is 80.2 cm³/mol. The van der Waals surface area contributed by atoms with Crippen molar-refractivity contribution in [3.05, 3.63) is 22.3 Å². The zero-order valence-corrected chi connectivity index (χ0v) is 13.3. The minimum absolute atomic E-state index is 0.334. The van der Waals surface area contributed by atoms with Gasteiger partial charge < -0.3 is 9.80 Å². The summed E-state index contributed by atoms with van der Waals surface area (Å²) < 4.78 is 1.08. The molecule has 0 radical (unpaired) electrons. The van der Waals surface area contributed by atoms with Gasteiger partial charge in [0.15, 0.2) is 0 Å². The smallest absolute Gasteiger partial charge is 0.142 e. The van der Waals surface area contributed by atoms with Gasteiger partial charge in [-0.2, -0.15) is 0 Å². The maximum atomic E-state index is 4.54. The van der Waals surface area contributed by atoms with Crippen molar-refractivity contribution in [1.29, 1.82) is 0 Å². The van der Waals surface area contributed by atoms with E-state index in [9.17, 15) is 0 Å². The van der Waals surface area contributed by atoms with E-state index in [0.29, 0.717) is 5.54 Å². The third-order valence-corrected chi connectivity index (χ3v) is 4.67. The van der Waals surface area contributed by atoms with E-state index in [1.54, 1.807) is 0 Å². The largest absolute Gasteiger partial charge is 0.357 e. The lowest BCUT2D eigenvalue weighted by Crippen LogP contribution is -2.56. The number of aromatic nitrogens is 1. The van der Waals surface area contributed by atoms with Crippen LogP contribution in [0.5, 0.6) is 0 Å². The Bertz CT molecular complexity index is 427. The molecule has 1 saturated carbocycles. The third kappa shape index (κ3) is 2.54. The minimum Gasteiger partial charge on any atom is -0.357 e. The summed E-state index contributed by atoms with van der Waals surface area (Å²) >= 11 is 3.61. The Morgan fingerprint density at radius 2 is 2.00 bits per heavy atom. The second-order valence-electron chi connectivity index (χ2n) is 5.65. The van der Waals surface area contributed by atoms with Gasteiger partial charge in [-0.25, -0.2) is 4.98 Å². The highest BCUT2D eigenvalue weighted by molar-refractivity contribution is 9.10. The SMILES string of the molecule is Cc1cnc(N(C)CC2(N(C)C)CCC2)c(Br)c1. The molecule has 0 saturated heterocycles. The number of hydrogen-bond donors (Lipinski definition) is 0. The third-order valence-electron chi connectivity index (χ3n) is 4.08. The van der Waals surface area contributed by atoms with Gasteiger partial charge in [0.25, 0.3) is 0 Å². The van der Waals surface area contributed by atoms with Gasteiger partial charge in [-0.05, 0) is 67.8 Å². The van der Waals surface area contributed by atoms with Crippen LogP contribution in [0.4, 0.5) is 5.82 Å². The van der Waals surface area contributed by atoms with E-state index in [-0.39, 0.29) is 0 Å². The van der Waals surface area contributed by atoms with Crippen LogP contribution < -0.4 is 4.90 Å². The summed E-state index contributed by atoms with van der Waals surface area (Å²) in [6.45, 7) is 3.10. The molecule has 2 rings (SSSR count). The molecule has 0 unspecified atom stereocenters. The highest BCUT2D eigenvalue weighted by atomic mass is 79.9. The van der Waals surface area contributed by atoms with Gasteiger partial charge in [0.05, 0.1) is 4.47 Å². The van der Waals surface area contributed by atoms with Crippen LogP contribution >= 0.6 is 15.9 Å². The Kier molecular flexibility index (Phi) is 3.97. The number of halogens is 1. The molecule has 1 heterocycles. The molecular formula is C14H22BrN3. The quantitative estimate of drug-likeness (QED) is 0.852. The van der Waals surface area contributed by atoms with Gasteiger partial charge in [-0.3, -0.25) is 0 Å². The molecule has 3 nitrogen and oxygen atoms in total. The number of aryl methyl sites for hydroxylation is 1. The fourth-order valence-corrected chi connectivity index (χ4v) is 3.42. The molecule has 0 aromatic carbocycles. The van der Waals surface area contributed by atoms with Crippen LogP contribution in [-0.2, 0) is 0 Å². The van der Waals surface area contributed by atoms with E-state index in [2.05, 4.69) is 64.8 Å². The van der Waals surface area contributed by atoms with Crippen molar-refractivity contribution < 1.29 is 0 Å². The molecule has 100 valence electrons. The molecule has 0 spiro atoms. The maximum Gasteiger partial charge on any atom is 0.142 e. The van der Waals surface area contributed by atoms with Gasteiger partial charge in [0.2, 0.25) is 0 Å².